The molecule has 1 heterocycles. The molecule has 0 aliphatic heterocycles. The van der Waals surface area contributed by atoms with E-state index < -0.39 is 0 Å². The molecule has 0 fully saturated rings. The summed E-state index contributed by atoms with van der Waals surface area (Å²) in [4.78, 5) is 4.32. The summed E-state index contributed by atoms with van der Waals surface area (Å²) in [5, 5.41) is 0. The summed E-state index contributed by atoms with van der Waals surface area (Å²) in [6.07, 6.45) is 4.69. The van der Waals surface area contributed by atoms with E-state index in [1.807, 2.05) is 13.8 Å². The van der Waals surface area contributed by atoms with Crippen LogP contribution in [-0.2, 0) is 6.42 Å². The zero-order valence-electron chi connectivity index (χ0n) is 8.18. The lowest BCUT2D eigenvalue weighted by Crippen LogP contribution is -1.84. The van der Waals surface area contributed by atoms with Crippen LogP contribution in [0.5, 0.6) is 0 Å². The minimum absolute atomic E-state index is 0.901. The predicted octanol–water partition coefficient (Wildman–Crippen LogP) is 3.02. The van der Waals surface area contributed by atoms with Crippen molar-refractivity contribution in [1.82, 2.24) is 4.98 Å². The van der Waals surface area contributed by atoms with Gasteiger partial charge in [-0.15, -0.1) is 0 Å². The van der Waals surface area contributed by atoms with Gasteiger partial charge >= 0.3 is 0 Å². The lowest BCUT2D eigenvalue weighted by Gasteiger charge is -1.92. The fourth-order valence-electron chi connectivity index (χ4n) is 1.17. The largest absolute Gasteiger partial charge is 0.446 e. The Bertz CT molecular complexity index is 220. The minimum Gasteiger partial charge on any atom is -0.446 e. The van der Waals surface area contributed by atoms with Gasteiger partial charge in [-0.2, -0.15) is 0 Å². The van der Waals surface area contributed by atoms with E-state index in [1.165, 1.54) is 19.3 Å². The molecule has 1 aromatic heterocycles. The third-order valence-corrected chi connectivity index (χ3v) is 2.07. The summed E-state index contributed by atoms with van der Waals surface area (Å²) in [5.41, 5.74) is 1.03. The van der Waals surface area contributed by atoms with E-state index in [1.54, 1.807) is 0 Å². The zero-order chi connectivity index (χ0) is 8.97. The molecule has 1 aromatic rings. The molecule has 12 heavy (non-hydrogen) atoms. The molecule has 0 radical (unpaired) electrons. The van der Waals surface area contributed by atoms with Crippen LogP contribution < -0.4 is 0 Å². The molecule has 1 rings (SSSR count). The number of hydrogen-bond donors (Lipinski definition) is 0. The van der Waals surface area contributed by atoms with Crippen molar-refractivity contribution in [3.05, 3.63) is 17.3 Å². The van der Waals surface area contributed by atoms with Crippen molar-refractivity contribution in [1.29, 1.82) is 0 Å². The second-order valence-corrected chi connectivity index (χ2v) is 3.21. The molecule has 0 aromatic carbocycles. The Balaban J connectivity index is 2.42. The Morgan fingerprint density at radius 3 is 2.50 bits per heavy atom. The maximum Gasteiger partial charge on any atom is 0.194 e. The Labute approximate surface area is 74.0 Å². The molecule has 0 unspecified atom stereocenters. The number of unbranched alkanes of at least 4 members (excludes halogenated alkanes) is 2. The van der Waals surface area contributed by atoms with Gasteiger partial charge in [-0.05, 0) is 20.3 Å². The van der Waals surface area contributed by atoms with E-state index in [4.69, 9.17) is 4.42 Å². The summed E-state index contributed by atoms with van der Waals surface area (Å²) in [6, 6.07) is 0. The monoisotopic (exact) mass is 167 g/mol. The Morgan fingerprint density at radius 1 is 1.25 bits per heavy atom. The number of rotatable bonds is 4. The SMILES string of the molecule is CCCCCc1nc(C)c(C)o1. The van der Waals surface area contributed by atoms with Gasteiger partial charge in [0.05, 0.1) is 5.69 Å². The number of hydrogen-bond acceptors (Lipinski definition) is 2. The third-order valence-electron chi connectivity index (χ3n) is 2.07. The summed E-state index contributed by atoms with van der Waals surface area (Å²) in [5.74, 6) is 1.86. The molecule has 0 saturated carbocycles. The standard InChI is InChI=1S/C10H17NO/c1-4-5-6-7-10-11-8(2)9(3)12-10/h4-7H2,1-3H3. The molecule has 0 amide bonds. The fraction of sp³-hybridized carbons (Fsp3) is 0.700. The molecule has 0 N–H and O–H groups in total. The highest BCUT2D eigenvalue weighted by Gasteiger charge is 2.03. The second kappa shape index (κ2) is 4.29. The third kappa shape index (κ3) is 2.36. The predicted molar refractivity (Wildman–Crippen MR) is 49.2 cm³/mol. The van der Waals surface area contributed by atoms with Crippen LogP contribution in [0.3, 0.4) is 0 Å². The highest BCUT2D eigenvalue weighted by Crippen LogP contribution is 2.11. The van der Waals surface area contributed by atoms with Crippen molar-refractivity contribution in [3.63, 3.8) is 0 Å². The maximum absolute atomic E-state index is 5.45. The van der Waals surface area contributed by atoms with Crippen molar-refractivity contribution in [3.8, 4) is 0 Å². The minimum atomic E-state index is 0.901. The summed E-state index contributed by atoms with van der Waals surface area (Å²) >= 11 is 0. The van der Waals surface area contributed by atoms with Gasteiger partial charge in [0.2, 0.25) is 0 Å². The molecule has 0 saturated heterocycles. The highest BCUT2D eigenvalue weighted by atomic mass is 16.4. The molecule has 0 atom stereocenters. The van der Waals surface area contributed by atoms with Gasteiger partial charge < -0.3 is 4.42 Å². The van der Waals surface area contributed by atoms with E-state index in [9.17, 15) is 0 Å². The van der Waals surface area contributed by atoms with Crippen LogP contribution in [-0.4, -0.2) is 4.98 Å². The van der Waals surface area contributed by atoms with Crippen LogP contribution >= 0.6 is 0 Å². The van der Waals surface area contributed by atoms with Gasteiger partial charge in [0, 0.05) is 6.42 Å². The van der Waals surface area contributed by atoms with Crippen molar-refractivity contribution in [2.75, 3.05) is 0 Å². The molecule has 2 nitrogen and oxygen atoms in total. The molecular weight excluding hydrogens is 150 g/mol. The van der Waals surface area contributed by atoms with Gasteiger partial charge in [0.1, 0.15) is 5.76 Å². The van der Waals surface area contributed by atoms with E-state index in [0.29, 0.717) is 0 Å². The topological polar surface area (TPSA) is 26.0 Å². The van der Waals surface area contributed by atoms with Gasteiger partial charge in [0.15, 0.2) is 5.89 Å². The molecule has 0 bridgehead atoms. The molecule has 0 spiro atoms. The summed E-state index contributed by atoms with van der Waals surface area (Å²) in [6.45, 7) is 6.15. The smallest absolute Gasteiger partial charge is 0.194 e. The number of aromatic nitrogens is 1. The van der Waals surface area contributed by atoms with Crippen molar-refractivity contribution in [2.45, 2.75) is 46.5 Å². The molecule has 68 valence electrons. The van der Waals surface area contributed by atoms with Gasteiger partial charge in [-0.3, -0.25) is 0 Å². The van der Waals surface area contributed by atoms with E-state index >= 15 is 0 Å². The van der Waals surface area contributed by atoms with Crippen molar-refractivity contribution >= 4 is 0 Å². The summed E-state index contributed by atoms with van der Waals surface area (Å²) < 4.78 is 5.45. The van der Waals surface area contributed by atoms with Crippen LogP contribution in [0, 0.1) is 13.8 Å². The summed E-state index contributed by atoms with van der Waals surface area (Å²) in [7, 11) is 0. The number of aryl methyl sites for hydroxylation is 3. The maximum atomic E-state index is 5.45. The molecule has 0 aliphatic rings. The van der Waals surface area contributed by atoms with E-state index in [0.717, 1.165) is 23.8 Å². The lowest BCUT2D eigenvalue weighted by atomic mass is 10.2. The average molecular weight is 167 g/mol. The van der Waals surface area contributed by atoms with Crippen molar-refractivity contribution < 1.29 is 4.42 Å². The van der Waals surface area contributed by atoms with Gasteiger partial charge in [-0.25, -0.2) is 4.98 Å². The fourth-order valence-corrected chi connectivity index (χ4v) is 1.17. The molecular formula is C10H17NO. The first-order valence-electron chi connectivity index (χ1n) is 4.67. The van der Waals surface area contributed by atoms with E-state index in [-0.39, 0.29) is 0 Å². The van der Waals surface area contributed by atoms with Crippen LogP contribution in [0.15, 0.2) is 4.42 Å². The van der Waals surface area contributed by atoms with Crippen LogP contribution in [0.1, 0.15) is 43.5 Å². The second-order valence-electron chi connectivity index (χ2n) is 3.21. The average Bonchev–Trinajstić information content (AvgIpc) is 2.32. The van der Waals surface area contributed by atoms with Gasteiger partial charge in [0.25, 0.3) is 0 Å². The Kier molecular flexibility index (Phi) is 3.32. The van der Waals surface area contributed by atoms with Crippen molar-refractivity contribution in [2.24, 2.45) is 0 Å². The number of oxazole rings is 1. The van der Waals surface area contributed by atoms with Crippen LogP contribution in [0.25, 0.3) is 0 Å². The first kappa shape index (κ1) is 9.30. The highest BCUT2D eigenvalue weighted by molar-refractivity contribution is 5.05. The first-order chi connectivity index (χ1) is 5.74. The normalized spacial score (nSPS) is 10.6. The molecule has 2 heteroatoms. The Morgan fingerprint density at radius 2 is 2.00 bits per heavy atom. The van der Waals surface area contributed by atoms with E-state index in [2.05, 4.69) is 11.9 Å². The zero-order valence-corrected chi connectivity index (χ0v) is 8.18. The number of nitrogens with zero attached hydrogens (tertiary/aromatic N) is 1. The Hall–Kier alpha value is -0.790. The van der Waals surface area contributed by atoms with Crippen LogP contribution in [0.4, 0.5) is 0 Å². The lowest BCUT2D eigenvalue weighted by molar-refractivity contribution is 0.461. The van der Waals surface area contributed by atoms with Gasteiger partial charge in [-0.1, -0.05) is 19.8 Å². The first-order valence-corrected chi connectivity index (χ1v) is 4.67. The van der Waals surface area contributed by atoms with Crippen LogP contribution in [0.2, 0.25) is 0 Å². The quantitative estimate of drug-likeness (QED) is 0.644. The molecule has 0 aliphatic carbocycles.